The minimum absolute atomic E-state index is 0.00559. The molecule has 0 heterocycles. The van der Waals surface area contributed by atoms with E-state index in [1.807, 2.05) is 194 Å². The van der Waals surface area contributed by atoms with Gasteiger partial charge in [-0.15, -0.1) is 0 Å². The van der Waals surface area contributed by atoms with E-state index in [0.29, 0.717) is 44.6 Å². The second-order valence-electron chi connectivity index (χ2n) is 17.3. The third-order valence-corrected chi connectivity index (χ3v) is 36.7. The van der Waals surface area contributed by atoms with E-state index in [1.165, 1.54) is 0 Å². The van der Waals surface area contributed by atoms with E-state index in [0.717, 1.165) is 32.9 Å². The van der Waals surface area contributed by atoms with Crippen molar-refractivity contribution in [2.75, 3.05) is 0 Å². The van der Waals surface area contributed by atoms with E-state index in [2.05, 4.69) is 23.1 Å². The maximum absolute atomic E-state index is 12.0. The molecule has 0 aliphatic carbocycles. The number of carbonyl (C=O) groups excluding carboxylic acids is 4. The molecular formula is C60H44Ga2N4O4-2. The molecule has 0 N–H and O–H groups in total. The van der Waals surface area contributed by atoms with Crippen molar-refractivity contribution in [2.24, 2.45) is 0 Å². The zero-order chi connectivity index (χ0) is 50.0. The van der Waals surface area contributed by atoms with Crippen LogP contribution in [0.15, 0.2) is 194 Å². The van der Waals surface area contributed by atoms with Gasteiger partial charge in [-0.05, 0) is 0 Å². The van der Waals surface area contributed by atoms with Gasteiger partial charge in [-0.3, -0.25) is 0 Å². The van der Waals surface area contributed by atoms with E-state index in [4.69, 9.17) is 6.57 Å². The predicted molar refractivity (Wildman–Crippen MR) is 281 cm³/mol. The second kappa shape index (κ2) is 21.7. The van der Waals surface area contributed by atoms with Gasteiger partial charge in [0.25, 0.3) is 0 Å². The number of ketones is 4. The van der Waals surface area contributed by atoms with Crippen LogP contribution >= 0.6 is 0 Å². The molecule has 336 valence electrons. The van der Waals surface area contributed by atoms with Gasteiger partial charge >= 0.3 is 417 Å². The third kappa shape index (κ3) is 9.95. The summed E-state index contributed by atoms with van der Waals surface area (Å²) in [6.45, 7) is 13.5. The fraction of sp³-hybridized carbons (Fsp3) is 0.0667. The van der Waals surface area contributed by atoms with Crippen LogP contribution in [-0.4, -0.2) is 53.2 Å². The molecule has 0 saturated heterocycles. The molecular weight excluding hydrogens is 980 g/mol. The van der Waals surface area contributed by atoms with Gasteiger partial charge in [-0.2, -0.15) is 0 Å². The average molecular weight is 1020 g/mol. The molecule has 0 aliphatic rings. The van der Waals surface area contributed by atoms with Gasteiger partial charge in [0.1, 0.15) is 0 Å². The molecule has 0 aliphatic heterocycles. The third-order valence-electron chi connectivity index (χ3n) is 13.4. The molecule has 0 radical (unpaired) electrons. The van der Waals surface area contributed by atoms with E-state index < -0.39 is 30.1 Å². The van der Waals surface area contributed by atoms with Crippen molar-refractivity contribution < 1.29 is 19.2 Å². The molecule has 0 spiro atoms. The van der Waals surface area contributed by atoms with Crippen molar-refractivity contribution in [2.45, 2.75) is 27.7 Å². The summed E-state index contributed by atoms with van der Waals surface area (Å²) in [5.41, 5.74) is 4.85. The Bertz CT molecular complexity index is 2940. The molecule has 8 aromatic carbocycles. The fourth-order valence-electron chi connectivity index (χ4n) is 9.71. The molecule has 0 amide bonds. The minimum atomic E-state index is -3.96. The van der Waals surface area contributed by atoms with Gasteiger partial charge in [-0.1, -0.05) is 0 Å². The van der Waals surface area contributed by atoms with Crippen molar-refractivity contribution in [3.05, 3.63) is 244 Å². The maximum atomic E-state index is 12.0. The Kier molecular flexibility index (Phi) is 15.4. The Morgan fingerprint density at radius 2 is 0.500 bits per heavy atom. The van der Waals surface area contributed by atoms with Crippen LogP contribution in [0.2, 0.25) is 0 Å². The van der Waals surface area contributed by atoms with E-state index >= 15 is 0 Å². The zero-order valence-electron chi connectivity index (χ0n) is 39.1. The van der Waals surface area contributed by atoms with Gasteiger partial charge in [0.05, 0.1) is 0 Å². The van der Waals surface area contributed by atoms with Crippen molar-refractivity contribution >= 4 is 91.8 Å². The summed E-state index contributed by atoms with van der Waals surface area (Å²) in [5.74, 6) is -0.0224. The summed E-state index contributed by atoms with van der Waals surface area (Å²) >= 11 is -7.79. The summed E-state index contributed by atoms with van der Waals surface area (Å²) in [6, 6.07) is 68.5. The van der Waals surface area contributed by atoms with E-state index in [-0.39, 0.29) is 23.1 Å². The predicted octanol–water partition coefficient (Wildman–Crippen LogP) is 7.10. The van der Waals surface area contributed by atoms with E-state index in [1.54, 1.807) is 27.7 Å². The van der Waals surface area contributed by atoms with Crippen molar-refractivity contribution in [1.29, 1.82) is 15.8 Å². The van der Waals surface area contributed by atoms with Gasteiger partial charge < -0.3 is 0 Å². The molecule has 0 unspecified atom stereocenters. The van der Waals surface area contributed by atoms with Crippen LogP contribution in [0.5, 0.6) is 0 Å². The van der Waals surface area contributed by atoms with Crippen LogP contribution in [0, 0.1) is 40.6 Å². The summed E-state index contributed by atoms with van der Waals surface area (Å²) in [5, 5.41) is 28.0. The molecule has 0 aromatic heterocycles. The van der Waals surface area contributed by atoms with Crippen LogP contribution < -0.4 is 32.9 Å². The summed E-state index contributed by atoms with van der Waals surface area (Å²) < 4.78 is 8.93. The fourth-order valence-corrected chi connectivity index (χ4v) is 32.3. The molecule has 0 saturated carbocycles. The molecule has 8 rings (SSSR count). The monoisotopic (exact) mass is 1020 g/mol. The van der Waals surface area contributed by atoms with E-state index in [9.17, 15) is 35.0 Å². The quantitative estimate of drug-likeness (QED) is 0.0722. The Morgan fingerprint density at radius 1 is 0.329 bits per heavy atom. The number of carbonyl (C=O) groups is 4. The first-order chi connectivity index (χ1) is 33.8. The zero-order valence-corrected chi connectivity index (χ0v) is 43.9. The Morgan fingerprint density at radius 3 is 0.657 bits per heavy atom. The molecule has 8 aromatic rings. The topological polar surface area (TPSA) is 144 Å². The molecule has 70 heavy (non-hydrogen) atoms. The van der Waals surface area contributed by atoms with Crippen molar-refractivity contribution in [1.82, 2.24) is 0 Å². The SMILES string of the molecule is CC(=O)c1cc[c]([Ga-]([c]2ccc(C(C)=O)cc2)([c]2ccc(C(C)=O)cc2)[c]2ccc(C(C)=O)cc2)cc1.[C-]#[N+]c1cc[c]([Ga-]([c]2ccc(C#N)cc2)([c]2ccc(C#N)cc2)[c]2ccc(C#N)cc2)cc1. The van der Waals surface area contributed by atoms with Crippen LogP contribution in [0.1, 0.15) is 85.8 Å². The van der Waals surface area contributed by atoms with Crippen LogP contribution in [-0.2, 0) is 0 Å². The average Bonchev–Trinajstić information content (AvgIpc) is 3.40. The number of rotatable bonds is 12. The van der Waals surface area contributed by atoms with Crippen molar-refractivity contribution in [3.63, 3.8) is 0 Å². The Labute approximate surface area is 414 Å². The van der Waals surface area contributed by atoms with Gasteiger partial charge in [-0.25, -0.2) is 0 Å². The van der Waals surface area contributed by atoms with Gasteiger partial charge in [0.2, 0.25) is 0 Å². The molecule has 0 atom stereocenters. The Hall–Kier alpha value is -8.33. The number of hydrogen-bond acceptors (Lipinski definition) is 7. The second-order valence-corrected chi connectivity index (χ2v) is 35.8. The summed E-state index contributed by atoms with van der Waals surface area (Å²) in [7, 11) is 0. The normalized spacial score (nSPS) is 10.7. The molecule has 8 nitrogen and oxygen atoms in total. The van der Waals surface area contributed by atoms with Crippen molar-refractivity contribution in [3.8, 4) is 18.2 Å². The van der Waals surface area contributed by atoms with Gasteiger partial charge in [0.15, 0.2) is 0 Å². The van der Waals surface area contributed by atoms with Crippen LogP contribution in [0.3, 0.4) is 0 Å². The number of nitriles is 3. The Balaban J connectivity index is 0.000000208. The van der Waals surface area contributed by atoms with Gasteiger partial charge in [0, 0.05) is 0 Å². The van der Waals surface area contributed by atoms with Crippen LogP contribution in [0.4, 0.5) is 5.69 Å². The molecule has 10 heteroatoms. The first-order valence-corrected chi connectivity index (χ1v) is 32.3. The number of benzene rings is 8. The molecule has 0 fully saturated rings. The first-order valence-electron chi connectivity index (χ1n) is 22.6. The summed E-state index contributed by atoms with van der Waals surface area (Å²) in [4.78, 5) is 51.7. The molecule has 0 bridgehead atoms. The number of hydrogen-bond donors (Lipinski definition) is 0. The first kappa shape index (κ1) is 49.6. The number of nitrogens with zero attached hydrogens (tertiary/aromatic N) is 4. The van der Waals surface area contributed by atoms with Crippen LogP contribution in [0.25, 0.3) is 4.85 Å². The number of Topliss-reactive ketones (excluding diaryl/α,β-unsaturated/α-hetero) is 4. The summed E-state index contributed by atoms with van der Waals surface area (Å²) in [6.07, 6.45) is 0. The standard InChI is InChI=1S/4C8H7O.4C7H4N.2Ga/c4*1-7(9)8-5-3-2-4-6-8;1-8-7-5-3-2-4-6-7;3*8-6-7-4-2-1-3-5-7;;/h4*3-6H,1H3;3-6H;3*2-5H;;/q;;;;;;;;2*-1.